The van der Waals surface area contributed by atoms with Gasteiger partial charge in [-0.05, 0) is 49.4 Å². The third-order valence-electron chi connectivity index (χ3n) is 3.29. The predicted octanol–water partition coefficient (Wildman–Crippen LogP) is 3.57. The predicted molar refractivity (Wildman–Crippen MR) is 91.2 cm³/mol. The van der Waals surface area contributed by atoms with Gasteiger partial charge in [-0.1, -0.05) is 11.6 Å². The molecule has 0 N–H and O–H groups in total. The summed E-state index contributed by atoms with van der Waals surface area (Å²) in [5.41, 5.74) is 0.528. The minimum absolute atomic E-state index is 0.0969. The molecule has 0 radical (unpaired) electrons. The highest BCUT2D eigenvalue weighted by molar-refractivity contribution is 7.92. The first-order valence-corrected chi connectivity index (χ1v) is 8.77. The lowest BCUT2D eigenvalue weighted by molar-refractivity contribution is 0.340. The van der Waals surface area contributed by atoms with E-state index in [1.54, 1.807) is 24.3 Å². The average Bonchev–Trinajstić information content (AvgIpc) is 2.55. The van der Waals surface area contributed by atoms with Gasteiger partial charge in [0.05, 0.1) is 29.3 Å². The van der Waals surface area contributed by atoms with Crippen molar-refractivity contribution >= 4 is 27.3 Å². The van der Waals surface area contributed by atoms with Crippen LogP contribution in [0.5, 0.6) is 11.5 Å². The Morgan fingerprint density at radius 3 is 2.30 bits per heavy atom. The topological polar surface area (TPSA) is 55.8 Å². The smallest absolute Gasteiger partial charge is 0.264 e. The number of methoxy groups -OCH3 is 1. The van der Waals surface area contributed by atoms with Gasteiger partial charge < -0.3 is 9.47 Å². The van der Waals surface area contributed by atoms with Gasteiger partial charge in [0.15, 0.2) is 0 Å². The standard InChI is InChI=1S/C16H18ClNO4S/c1-4-22-13-7-5-12(6-8-13)18(2)23(19,20)14-9-10-16(21-3)15(17)11-14/h5-11H,4H2,1-3H3. The van der Waals surface area contributed by atoms with Crippen molar-refractivity contribution in [2.75, 3.05) is 25.1 Å². The average molecular weight is 356 g/mol. The van der Waals surface area contributed by atoms with Crippen LogP contribution in [0.4, 0.5) is 5.69 Å². The second-order valence-corrected chi connectivity index (χ2v) is 7.07. The van der Waals surface area contributed by atoms with Crippen LogP contribution in [0.3, 0.4) is 0 Å². The Labute approximate surface area is 141 Å². The molecule has 0 aliphatic carbocycles. The van der Waals surface area contributed by atoms with E-state index < -0.39 is 10.0 Å². The van der Waals surface area contributed by atoms with E-state index in [9.17, 15) is 8.42 Å². The van der Waals surface area contributed by atoms with Crippen LogP contribution in [0, 0.1) is 0 Å². The second-order valence-electron chi connectivity index (χ2n) is 4.70. The van der Waals surface area contributed by atoms with Crippen molar-refractivity contribution in [1.82, 2.24) is 0 Å². The number of hydrogen-bond acceptors (Lipinski definition) is 4. The first-order valence-electron chi connectivity index (χ1n) is 6.95. The van der Waals surface area contributed by atoms with E-state index in [0.717, 1.165) is 0 Å². The zero-order valence-corrected chi connectivity index (χ0v) is 14.7. The van der Waals surface area contributed by atoms with E-state index >= 15 is 0 Å². The molecule has 2 rings (SSSR count). The van der Waals surface area contributed by atoms with E-state index in [-0.39, 0.29) is 9.92 Å². The zero-order chi connectivity index (χ0) is 17.0. The third kappa shape index (κ3) is 3.71. The number of benzene rings is 2. The fourth-order valence-electron chi connectivity index (χ4n) is 2.02. The maximum atomic E-state index is 12.7. The molecule has 7 heteroatoms. The minimum atomic E-state index is -3.71. The minimum Gasteiger partial charge on any atom is -0.495 e. The molecule has 0 aliphatic heterocycles. The summed E-state index contributed by atoms with van der Waals surface area (Å²) in [4.78, 5) is 0.0969. The van der Waals surface area contributed by atoms with Crippen LogP contribution in [0.15, 0.2) is 47.4 Å². The Hall–Kier alpha value is -1.92. The highest BCUT2D eigenvalue weighted by Crippen LogP contribution is 2.30. The Morgan fingerprint density at radius 2 is 1.78 bits per heavy atom. The molecule has 0 atom stereocenters. The Bertz CT molecular complexity index is 775. The van der Waals surface area contributed by atoms with Gasteiger partial charge in [-0.2, -0.15) is 0 Å². The quantitative estimate of drug-likeness (QED) is 0.794. The summed E-state index contributed by atoms with van der Waals surface area (Å²) in [7, 11) is -0.749. The van der Waals surface area contributed by atoms with Gasteiger partial charge in [0.2, 0.25) is 0 Å². The fourth-order valence-corrected chi connectivity index (χ4v) is 3.57. The van der Waals surface area contributed by atoms with Crippen molar-refractivity contribution in [3.63, 3.8) is 0 Å². The van der Waals surface area contributed by atoms with Gasteiger partial charge in [0.25, 0.3) is 10.0 Å². The highest BCUT2D eigenvalue weighted by atomic mass is 35.5. The summed E-state index contributed by atoms with van der Waals surface area (Å²) in [5, 5.41) is 0.244. The van der Waals surface area contributed by atoms with Crippen LogP contribution in [0.2, 0.25) is 5.02 Å². The third-order valence-corrected chi connectivity index (χ3v) is 5.37. The van der Waals surface area contributed by atoms with E-state index in [4.69, 9.17) is 21.1 Å². The molecule has 0 spiro atoms. The van der Waals surface area contributed by atoms with Crippen LogP contribution < -0.4 is 13.8 Å². The molecular weight excluding hydrogens is 338 g/mol. The molecule has 0 amide bonds. The van der Waals surface area contributed by atoms with E-state index in [0.29, 0.717) is 23.8 Å². The van der Waals surface area contributed by atoms with Crippen molar-refractivity contribution < 1.29 is 17.9 Å². The molecular formula is C16H18ClNO4S. The molecule has 0 unspecified atom stereocenters. The monoisotopic (exact) mass is 355 g/mol. The van der Waals surface area contributed by atoms with Crippen molar-refractivity contribution in [1.29, 1.82) is 0 Å². The molecule has 2 aromatic carbocycles. The molecule has 0 saturated carbocycles. The zero-order valence-electron chi connectivity index (χ0n) is 13.1. The SMILES string of the molecule is CCOc1ccc(N(C)S(=O)(=O)c2ccc(OC)c(Cl)c2)cc1. The molecule has 0 aromatic heterocycles. The molecule has 0 heterocycles. The number of ether oxygens (including phenoxy) is 2. The number of sulfonamides is 1. The summed E-state index contributed by atoms with van der Waals surface area (Å²) in [6.07, 6.45) is 0. The summed E-state index contributed by atoms with van der Waals surface area (Å²) in [6, 6.07) is 11.2. The first-order chi connectivity index (χ1) is 10.9. The summed E-state index contributed by atoms with van der Waals surface area (Å²) in [5.74, 6) is 1.11. The maximum Gasteiger partial charge on any atom is 0.264 e. The summed E-state index contributed by atoms with van der Waals surface area (Å²) >= 11 is 6.02. The highest BCUT2D eigenvalue weighted by Gasteiger charge is 2.22. The largest absolute Gasteiger partial charge is 0.495 e. The number of rotatable bonds is 6. The van der Waals surface area contributed by atoms with Crippen LogP contribution in [0.25, 0.3) is 0 Å². The van der Waals surface area contributed by atoms with Crippen LogP contribution in [-0.2, 0) is 10.0 Å². The molecule has 0 aliphatic rings. The lowest BCUT2D eigenvalue weighted by Crippen LogP contribution is -2.26. The maximum absolute atomic E-state index is 12.7. The van der Waals surface area contributed by atoms with Crippen molar-refractivity contribution in [2.45, 2.75) is 11.8 Å². The first kappa shape index (κ1) is 17.4. The molecule has 5 nitrogen and oxygen atoms in total. The number of hydrogen-bond donors (Lipinski definition) is 0. The van der Waals surface area contributed by atoms with E-state index in [1.165, 1.54) is 36.7 Å². The van der Waals surface area contributed by atoms with Crippen LogP contribution in [0.1, 0.15) is 6.92 Å². The lowest BCUT2D eigenvalue weighted by atomic mass is 10.3. The summed E-state index contributed by atoms with van der Waals surface area (Å²) in [6.45, 7) is 2.44. The number of anilines is 1. The Balaban J connectivity index is 2.32. The fraction of sp³-hybridized carbons (Fsp3) is 0.250. The molecule has 0 saturated heterocycles. The summed E-state index contributed by atoms with van der Waals surface area (Å²) < 4.78 is 37.0. The van der Waals surface area contributed by atoms with Gasteiger partial charge in [-0.3, -0.25) is 4.31 Å². The van der Waals surface area contributed by atoms with Gasteiger partial charge >= 0.3 is 0 Å². The van der Waals surface area contributed by atoms with E-state index in [1.807, 2.05) is 6.92 Å². The molecule has 2 aromatic rings. The number of nitrogens with zero attached hydrogens (tertiary/aromatic N) is 1. The second kappa shape index (κ2) is 7.10. The lowest BCUT2D eigenvalue weighted by Gasteiger charge is -2.20. The van der Waals surface area contributed by atoms with Crippen LogP contribution >= 0.6 is 11.6 Å². The van der Waals surface area contributed by atoms with Gasteiger partial charge in [-0.25, -0.2) is 8.42 Å². The van der Waals surface area contributed by atoms with E-state index in [2.05, 4.69) is 0 Å². The normalized spacial score (nSPS) is 11.1. The van der Waals surface area contributed by atoms with Gasteiger partial charge in [0.1, 0.15) is 11.5 Å². The van der Waals surface area contributed by atoms with Crippen LogP contribution in [-0.4, -0.2) is 29.2 Å². The molecule has 0 fully saturated rings. The Kier molecular flexibility index (Phi) is 5.38. The van der Waals surface area contributed by atoms with Gasteiger partial charge in [0, 0.05) is 7.05 Å². The van der Waals surface area contributed by atoms with Gasteiger partial charge in [-0.15, -0.1) is 0 Å². The van der Waals surface area contributed by atoms with Crippen molar-refractivity contribution in [2.24, 2.45) is 0 Å². The van der Waals surface area contributed by atoms with Crippen molar-refractivity contribution in [3.8, 4) is 11.5 Å². The molecule has 124 valence electrons. The molecule has 23 heavy (non-hydrogen) atoms. The Morgan fingerprint density at radius 1 is 1.13 bits per heavy atom. The molecule has 0 bridgehead atoms. The number of halogens is 1. The van der Waals surface area contributed by atoms with Crippen molar-refractivity contribution in [3.05, 3.63) is 47.5 Å².